The minimum absolute atomic E-state index is 0.170. The molecular weight excluding hydrogens is 357 g/mol. The van der Waals surface area contributed by atoms with Crippen molar-refractivity contribution in [2.75, 3.05) is 30.4 Å². The molecule has 0 atom stereocenters. The molecule has 0 aliphatic carbocycles. The van der Waals surface area contributed by atoms with E-state index < -0.39 is 5.41 Å². The van der Waals surface area contributed by atoms with E-state index in [2.05, 4.69) is 10.6 Å². The Morgan fingerprint density at radius 1 is 1.11 bits per heavy atom. The maximum atomic E-state index is 13.0. The van der Waals surface area contributed by atoms with Gasteiger partial charge in [0.05, 0.1) is 30.3 Å². The molecule has 0 spiro atoms. The lowest BCUT2D eigenvalue weighted by molar-refractivity contribution is -0.140. The highest BCUT2D eigenvalue weighted by molar-refractivity contribution is 5.99. The summed E-state index contributed by atoms with van der Waals surface area (Å²) in [7, 11) is 0. The van der Waals surface area contributed by atoms with Crippen LogP contribution in [0.2, 0.25) is 0 Å². The maximum absolute atomic E-state index is 13.0. The Bertz CT molecular complexity index is 774. The highest BCUT2D eigenvalue weighted by Crippen LogP contribution is 2.34. The minimum atomic E-state index is -0.777. The summed E-state index contributed by atoms with van der Waals surface area (Å²) < 4.78 is 18.4. The van der Waals surface area contributed by atoms with E-state index >= 15 is 0 Å². The maximum Gasteiger partial charge on any atom is 0.241 e. The molecular formula is C22H30FN3O2. The summed E-state index contributed by atoms with van der Waals surface area (Å²) in [5, 5.41) is 6.17. The van der Waals surface area contributed by atoms with E-state index in [4.69, 9.17) is 9.72 Å². The molecule has 4 rings (SSSR count). The molecule has 0 bridgehead atoms. The molecule has 0 radical (unpaired) electrons. The van der Waals surface area contributed by atoms with Gasteiger partial charge >= 0.3 is 0 Å². The zero-order valence-electron chi connectivity index (χ0n) is 17.1. The number of rotatable bonds is 3. The van der Waals surface area contributed by atoms with Gasteiger partial charge in [-0.2, -0.15) is 0 Å². The van der Waals surface area contributed by atoms with Gasteiger partial charge in [0.25, 0.3) is 0 Å². The van der Waals surface area contributed by atoms with Crippen LogP contribution in [0.1, 0.15) is 45.5 Å². The summed E-state index contributed by atoms with van der Waals surface area (Å²) in [6.07, 6.45) is 1.95. The molecule has 3 heterocycles. The number of halogens is 1. The molecule has 1 saturated heterocycles. The van der Waals surface area contributed by atoms with E-state index in [-0.39, 0.29) is 11.7 Å². The largest absolute Gasteiger partial charge is 0.384 e. The number of aryl methyl sites for hydroxylation is 1. The van der Waals surface area contributed by atoms with E-state index in [1.54, 1.807) is 12.1 Å². The van der Waals surface area contributed by atoms with Crippen molar-refractivity contribution >= 4 is 17.3 Å². The minimum Gasteiger partial charge on any atom is -0.384 e. The van der Waals surface area contributed by atoms with Crippen LogP contribution in [0.3, 0.4) is 0 Å². The fraction of sp³-hybridized carbons (Fsp3) is 0.455. The number of benzene rings is 1. The number of carbonyl (C=O) groups excluding carboxylic acids is 1. The van der Waals surface area contributed by atoms with Crippen LogP contribution in [0.4, 0.5) is 15.8 Å². The van der Waals surface area contributed by atoms with Crippen LogP contribution in [0.5, 0.6) is 0 Å². The van der Waals surface area contributed by atoms with E-state index in [9.17, 15) is 9.18 Å². The van der Waals surface area contributed by atoms with E-state index in [0.29, 0.717) is 18.9 Å². The molecule has 1 fully saturated rings. The number of fused-ring (bicyclic) bond motifs is 1. The number of hydrogen-bond acceptors (Lipinski definition) is 4. The summed E-state index contributed by atoms with van der Waals surface area (Å²) in [6, 6.07) is 9.62. The number of pyridine rings is 1. The average molecular weight is 387 g/mol. The van der Waals surface area contributed by atoms with E-state index in [1.807, 2.05) is 39.8 Å². The van der Waals surface area contributed by atoms with Crippen LogP contribution in [0, 0.1) is 5.82 Å². The van der Waals surface area contributed by atoms with Crippen LogP contribution in [-0.2, 0) is 21.4 Å². The van der Waals surface area contributed by atoms with Gasteiger partial charge in [-0.3, -0.25) is 9.78 Å². The number of carbonyl (C=O) groups is 1. The van der Waals surface area contributed by atoms with Crippen molar-refractivity contribution in [1.29, 1.82) is 0 Å². The van der Waals surface area contributed by atoms with Gasteiger partial charge in [-0.1, -0.05) is 27.7 Å². The third-order valence-electron chi connectivity index (χ3n) is 4.60. The number of amides is 1. The van der Waals surface area contributed by atoms with Gasteiger partial charge < -0.3 is 15.4 Å². The Hall–Kier alpha value is -2.47. The van der Waals surface area contributed by atoms with Crippen LogP contribution in [0.15, 0.2) is 36.4 Å². The summed E-state index contributed by atoms with van der Waals surface area (Å²) in [6.45, 7) is 9.56. The molecule has 5 nitrogen and oxygen atoms in total. The Labute approximate surface area is 166 Å². The number of hydrogen-bond donors (Lipinski definition) is 2. The van der Waals surface area contributed by atoms with Gasteiger partial charge in [0.2, 0.25) is 5.91 Å². The van der Waals surface area contributed by atoms with Crippen LogP contribution in [0.25, 0.3) is 0 Å². The van der Waals surface area contributed by atoms with Gasteiger partial charge in [-0.25, -0.2) is 4.39 Å². The Morgan fingerprint density at radius 3 is 2.39 bits per heavy atom. The van der Waals surface area contributed by atoms with Crippen molar-refractivity contribution in [1.82, 2.24) is 4.98 Å². The summed E-state index contributed by atoms with van der Waals surface area (Å²) >= 11 is 0. The second kappa shape index (κ2) is 10.2. The SMILES string of the molecule is CC.CC.O=C(Nc1ccc(F)cc1)C1(c2ccc3c(n2)CCCN3)COC1. The molecule has 2 aliphatic rings. The van der Waals surface area contributed by atoms with Crippen LogP contribution < -0.4 is 10.6 Å². The zero-order valence-corrected chi connectivity index (χ0v) is 17.1. The summed E-state index contributed by atoms with van der Waals surface area (Å²) in [4.78, 5) is 17.6. The lowest BCUT2D eigenvalue weighted by Crippen LogP contribution is -2.56. The third kappa shape index (κ3) is 4.50. The fourth-order valence-electron chi connectivity index (χ4n) is 3.08. The third-order valence-corrected chi connectivity index (χ3v) is 4.60. The Kier molecular flexibility index (Phi) is 7.93. The molecule has 1 amide bonds. The van der Waals surface area contributed by atoms with Crippen molar-refractivity contribution in [2.24, 2.45) is 0 Å². The highest BCUT2D eigenvalue weighted by atomic mass is 19.1. The van der Waals surface area contributed by atoms with Crippen molar-refractivity contribution in [2.45, 2.75) is 46.0 Å². The van der Waals surface area contributed by atoms with Crippen molar-refractivity contribution in [3.8, 4) is 0 Å². The molecule has 2 N–H and O–H groups in total. The normalized spacial score (nSPS) is 15.9. The molecule has 152 valence electrons. The topological polar surface area (TPSA) is 63.2 Å². The predicted molar refractivity (Wildman–Crippen MR) is 111 cm³/mol. The zero-order chi connectivity index (χ0) is 20.6. The first-order valence-corrected chi connectivity index (χ1v) is 10.1. The van der Waals surface area contributed by atoms with E-state index in [1.165, 1.54) is 12.1 Å². The van der Waals surface area contributed by atoms with E-state index in [0.717, 1.165) is 36.5 Å². The molecule has 0 unspecified atom stereocenters. The number of nitrogens with zero attached hydrogens (tertiary/aromatic N) is 1. The van der Waals surface area contributed by atoms with Crippen molar-refractivity contribution in [3.63, 3.8) is 0 Å². The lowest BCUT2D eigenvalue weighted by atomic mass is 9.80. The van der Waals surface area contributed by atoms with Gasteiger partial charge in [0.15, 0.2) is 0 Å². The monoisotopic (exact) mass is 387 g/mol. The fourth-order valence-corrected chi connectivity index (χ4v) is 3.08. The standard InChI is InChI=1S/C18H18FN3O2.2C2H6/c19-12-3-5-13(6-4-12)21-17(23)18(10-24-11-18)16-8-7-14-15(22-16)2-1-9-20-14;2*1-2/h3-8,20H,1-2,9-11H2,(H,21,23);2*1-2H3. The highest BCUT2D eigenvalue weighted by Gasteiger charge is 2.49. The first kappa shape index (κ1) is 21.8. The molecule has 1 aromatic heterocycles. The second-order valence-corrected chi connectivity index (χ2v) is 6.26. The van der Waals surface area contributed by atoms with Crippen molar-refractivity contribution in [3.05, 3.63) is 53.6 Å². The van der Waals surface area contributed by atoms with Gasteiger partial charge in [0.1, 0.15) is 11.2 Å². The average Bonchev–Trinajstić information content (AvgIpc) is 2.72. The number of aromatic nitrogens is 1. The number of ether oxygens (including phenoxy) is 1. The molecule has 6 heteroatoms. The number of anilines is 2. The van der Waals surface area contributed by atoms with Gasteiger partial charge in [-0.05, 0) is 49.2 Å². The van der Waals surface area contributed by atoms with Gasteiger partial charge in [0, 0.05) is 12.2 Å². The molecule has 0 saturated carbocycles. The summed E-state index contributed by atoms with van der Waals surface area (Å²) in [5.41, 5.74) is 2.56. The first-order chi connectivity index (χ1) is 13.7. The predicted octanol–water partition coefficient (Wildman–Crippen LogP) is 4.54. The second-order valence-electron chi connectivity index (χ2n) is 6.26. The van der Waals surface area contributed by atoms with Crippen LogP contribution >= 0.6 is 0 Å². The molecule has 1 aromatic carbocycles. The molecule has 2 aromatic rings. The molecule has 2 aliphatic heterocycles. The Morgan fingerprint density at radius 2 is 1.79 bits per heavy atom. The quantitative estimate of drug-likeness (QED) is 0.812. The molecule has 28 heavy (non-hydrogen) atoms. The van der Waals surface area contributed by atoms with Crippen molar-refractivity contribution < 1.29 is 13.9 Å². The van der Waals surface area contributed by atoms with Crippen LogP contribution in [-0.4, -0.2) is 30.6 Å². The smallest absolute Gasteiger partial charge is 0.241 e. The first-order valence-electron chi connectivity index (χ1n) is 10.1. The summed E-state index contributed by atoms with van der Waals surface area (Å²) in [5.74, 6) is -0.505. The Balaban J connectivity index is 0.000000660. The van der Waals surface area contributed by atoms with Gasteiger partial charge in [-0.15, -0.1) is 0 Å². The lowest BCUT2D eigenvalue weighted by Gasteiger charge is -2.39. The number of nitrogens with one attached hydrogen (secondary N) is 2.